The highest BCUT2D eigenvalue weighted by atomic mass is 32.2. The predicted octanol–water partition coefficient (Wildman–Crippen LogP) is 4.95. The summed E-state index contributed by atoms with van der Waals surface area (Å²) in [6.45, 7) is 8.52. The largest absolute Gasteiger partial charge is 0.493 e. The standard InChI is InChI=1S/C27H33N3O4S/c1-18-7-6-8-22(13-18)30-12-11-29(15-19(30)2)26(31)17-35-16-23-20(3)34-27(28-23)21-9-10-24(32-4)25(14-21)33-5/h6-10,13-14,19H,11-12,15-17H2,1-5H3/t19-/m0/s1. The van der Waals surface area contributed by atoms with Gasteiger partial charge in [-0.15, -0.1) is 11.8 Å². The lowest BCUT2D eigenvalue weighted by atomic mass is 10.1. The Balaban J connectivity index is 1.31. The number of benzene rings is 2. The van der Waals surface area contributed by atoms with E-state index in [0.29, 0.717) is 28.9 Å². The number of oxazole rings is 1. The van der Waals surface area contributed by atoms with E-state index >= 15 is 0 Å². The fourth-order valence-electron chi connectivity index (χ4n) is 4.36. The Morgan fingerprint density at radius 2 is 1.91 bits per heavy atom. The van der Waals surface area contributed by atoms with Crippen LogP contribution in [0.2, 0.25) is 0 Å². The molecule has 1 atom stereocenters. The highest BCUT2D eigenvalue weighted by Gasteiger charge is 2.27. The van der Waals surface area contributed by atoms with Crippen LogP contribution in [0.1, 0.15) is 23.9 Å². The van der Waals surface area contributed by atoms with Gasteiger partial charge in [-0.3, -0.25) is 4.79 Å². The molecule has 0 radical (unpaired) electrons. The van der Waals surface area contributed by atoms with E-state index in [-0.39, 0.29) is 11.9 Å². The SMILES string of the molecule is COc1ccc(-c2nc(CSCC(=O)N3CCN(c4cccc(C)c4)[C@@H](C)C3)c(C)o2)cc1OC. The second-order valence-corrected chi connectivity index (χ2v) is 9.79. The first kappa shape index (κ1) is 25.0. The molecule has 8 heteroatoms. The molecular formula is C27H33N3O4S. The zero-order chi connectivity index (χ0) is 24.9. The summed E-state index contributed by atoms with van der Waals surface area (Å²) in [7, 11) is 3.21. The molecule has 1 amide bonds. The Hall–Kier alpha value is -3.13. The van der Waals surface area contributed by atoms with Crippen molar-refractivity contribution in [3.05, 3.63) is 59.5 Å². The van der Waals surface area contributed by atoms with E-state index in [4.69, 9.17) is 13.9 Å². The van der Waals surface area contributed by atoms with Crippen molar-refractivity contribution in [2.45, 2.75) is 32.6 Å². The molecule has 0 unspecified atom stereocenters. The van der Waals surface area contributed by atoms with Crippen molar-refractivity contribution in [1.29, 1.82) is 0 Å². The molecule has 186 valence electrons. The van der Waals surface area contributed by atoms with Crippen LogP contribution in [0, 0.1) is 13.8 Å². The first-order chi connectivity index (χ1) is 16.9. The molecule has 2 heterocycles. The first-order valence-corrected chi connectivity index (χ1v) is 12.9. The normalized spacial score (nSPS) is 15.9. The number of rotatable bonds is 8. The number of piperazine rings is 1. The summed E-state index contributed by atoms with van der Waals surface area (Å²) in [6, 6.07) is 14.4. The van der Waals surface area contributed by atoms with Crippen molar-refractivity contribution >= 4 is 23.4 Å². The summed E-state index contributed by atoms with van der Waals surface area (Å²) >= 11 is 1.57. The Kier molecular flexibility index (Phi) is 7.90. The molecular weight excluding hydrogens is 462 g/mol. The van der Waals surface area contributed by atoms with E-state index in [1.54, 1.807) is 26.0 Å². The van der Waals surface area contributed by atoms with Crippen LogP contribution >= 0.6 is 11.8 Å². The minimum atomic E-state index is 0.173. The van der Waals surface area contributed by atoms with E-state index in [1.807, 2.05) is 30.0 Å². The van der Waals surface area contributed by atoms with Crippen LogP contribution in [0.3, 0.4) is 0 Å². The molecule has 35 heavy (non-hydrogen) atoms. The van der Waals surface area contributed by atoms with Gasteiger partial charge in [0.05, 0.1) is 25.7 Å². The molecule has 1 saturated heterocycles. The fraction of sp³-hybridized carbons (Fsp3) is 0.407. The molecule has 4 rings (SSSR count). The second-order valence-electron chi connectivity index (χ2n) is 8.81. The molecule has 3 aromatic rings. The number of aromatic nitrogens is 1. The summed E-state index contributed by atoms with van der Waals surface area (Å²) in [5.74, 6) is 3.79. The third-order valence-electron chi connectivity index (χ3n) is 6.30. The molecule has 2 aromatic carbocycles. The molecule has 7 nitrogen and oxygen atoms in total. The average molecular weight is 496 g/mol. The van der Waals surface area contributed by atoms with Gasteiger partial charge in [0.15, 0.2) is 11.5 Å². The van der Waals surface area contributed by atoms with Crippen LogP contribution in [0.15, 0.2) is 46.9 Å². The fourth-order valence-corrected chi connectivity index (χ4v) is 5.28. The van der Waals surface area contributed by atoms with Crippen LogP contribution < -0.4 is 14.4 Å². The smallest absolute Gasteiger partial charge is 0.232 e. The Labute approximate surface area is 211 Å². The van der Waals surface area contributed by atoms with Crippen molar-refractivity contribution in [2.24, 2.45) is 0 Å². The van der Waals surface area contributed by atoms with Crippen LogP contribution in [0.5, 0.6) is 11.5 Å². The molecule has 0 spiro atoms. The summed E-state index contributed by atoms with van der Waals surface area (Å²) in [4.78, 5) is 21.9. The van der Waals surface area contributed by atoms with Crippen LogP contribution in [0.25, 0.3) is 11.5 Å². The number of anilines is 1. The minimum absolute atomic E-state index is 0.173. The van der Waals surface area contributed by atoms with Crippen molar-refractivity contribution in [3.8, 4) is 23.0 Å². The minimum Gasteiger partial charge on any atom is -0.493 e. The molecule has 0 bridgehead atoms. The zero-order valence-electron chi connectivity index (χ0n) is 21.0. The second kappa shape index (κ2) is 11.1. The molecule has 0 N–H and O–H groups in total. The van der Waals surface area contributed by atoms with Crippen LogP contribution in [0.4, 0.5) is 5.69 Å². The maximum Gasteiger partial charge on any atom is 0.232 e. The highest BCUT2D eigenvalue weighted by molar-refractivity contribution is 7.99. The number of amides is 1. The Morgan fingerprint density at radius 1 is 1.11 bits per heavy atom. The summed E-state index contributed by atoms with van der Waals surface area (Å²) < 4.78 is 16.6. The molecule has 0 saturated carbocycles. The lowest BCUT2D eigenvalue weighted by Gasteiger charge is -2.41. The van der Waals surface area contributed by atoms with Gasteiger partial charge < -0.3 is 23.7 Å². The van der Waals surface area contributed by atoms with E-state index in [1.165, 1.54) is 11.3 Å². The number of ether oxygens (including phenoxy) is 2. The van der Waals surface area contributed by atoms with Crippen molar-refractivity contribution in [3.63, 3.8) is 0 Å². The van der Waals surface area contributed by atoms with Crippen molar-refractivity contribution in [2.75, 3.05) is 44.5 Å². The summed E-state index contributed by atoms with van der Waals surface area (Å²) in [5.41, 5.74) is 4.15. The van der Waals surface area contributed by atoms with Crippen molar-refractivity contribution in [1.82, 2.24) is 9.88 Å². The average Bonchev–Trinajstić information content (AvgIpc) is 3.23. The van der Waals surface area contributed by atoms with Gasteiger partial charge in [0.1, 0.15) is 5.76 Å². The number of carbonyl (C=O) groups is 1. The number of methoxy groups -OCH3 is 2. The number of aryl methyl sites for hydroxylation is 2. The molecule has 1 aliphatic rings. The Bertz CT molecular complexity index is 1180. The van der Waals surface area contributed by atoms with Gasteiger partial charge >= 0.3 is 0 Å². The number of carbonyl (C=O) groups excluding carboxylic acids is 1. The van der Waals surface area contributed by atoms with Gasteiger partial charge in [0.2, 0.25) is 11.8 Å². The number of thioether (sulfide) groups is 1. The zero-order valence-corrected chi connectivity index (χ0v) is 21.9. The monoisotopic (exact) mass is 495 g/mol. The number of hydrogen-bond acceptors (Lipinski definition) is 7. The van der Waals surface area contributed by atoms with Gasteiger partial charge in [-0.25, -0.2) is 4.98 Å². The summed E-state index contributed by atoms with van der Waals surface area (Å²) in [5, 5.41) is 0. The third kappa shape index (κ3) is 5.75. The number of nitrogens with zero attached hydrogens (tertiary/aromatic N) is 3. The van der Waals surface area contributed by atoms with Gasteiger partial charge in [-0.05, 0) is 56.7 Å². The molecule has 1 aliphatic heterocycles. The van der Waals surface area contributed by atoms with Gasteiger partial charge in [0, 0.05) is 42.7 Å². The van der Waals surface area contributed by atoms with Crippen LogP contribution in [-0.2, 0) is 10.5 Å². The first-order valence-electron chi connectivity index (χ1n) is 11.8. The van der Waals surface area contributed by atoms with E-state index in [0.717, 1.165) is 36.7 Å². The van der Waals surface area contributed by atoms with Gasteiger partial charge in [-0.1, -0.05) is 12.1 Å². The highest BCUT2D eigenvalue weighted by Crippen LogP contribution is 2.33. The van der Waals surface area contributed by atoms with Crippen molar-refractivity contribution < 1.29 is 18.7 Å². The molecule has 1 fully saturated rings. The van der Waals surface area contributed by atoms with E-state index in [9.17, 15) is 4.79 Å². The summed E-state index contributed by atoms with van der Waals surface area (Å²) in [6.07, 6.45) is 0. The lowest BCUT2D eigenvalue weighted by molar-refractivity contribution is -0.129. The van der Waals surface area contributed by atoms with Gasteiger partial charge in [0.25, 0.3) is 0 Å². The van der Waals surface area contributed by atoms with E-state index < -0.39 is 0 Å². The predicted molar refractivity (Wildman–Crippen MR) is 141 cm³/mol. The topological polar surface area (TPSA) is 68.0 Å². The lowest BCUT2D eigenvalue weighted by Crippen LogP contribution is -2.54. The molecule has 0 aliphatic carbocycles. The van der Waals surface area contributed by atoms with Crippen LogP contribution in [-0.4, -0.2) is 61.4 Å². The maximum absolute atomic E-state index is 12.9. The van der Waals surface area contributed by atoms with E-state index in [2.05, 4.69) is 48.0 Å². The maximum atomic E-state index is 12.9. The quantitative estimate of drug-likeness (QED) is 0.438. The Morgan fingerprint density at radius 3 is 2.63 bits per heavy atom. The van der Waals surface area contributed by atoms with Gasteiger partial charge in [-0.2, -0.15) is 0 Å². The molecule has 1 aromatic heterocycles. The third-order valence-corrected chi connectivity index (χ3v) is 7.23. The number of hydrogen-bond donors (Lipinski definition) is 0.